The Morgan fingerprint density at radius 2 is 1.90 bits per heavy atom. The minimum absolute atomic E-state index is 0.0736. The molecule has 4 heteroatoms. The van der Waals surface area contributed by atoms with Crippen LogP contribution in [0.15, 0.2) is 12.1 Å². The summed E-state index contributed by atoms with van der Waals surface area (Å²) in [6.07, 6.45) is 2.11. The average molecular weight is 291 g/mol. The number of carbonyl (C=O) groups excluding carboxylic acids is 1. The molecule has 0 radical (unpaired) electrons. The van der Waals surface area contributed by atoms with Crippen LogP contribution in [0.2, 0.25) is 0 Å². The quantitative estimate of drug-likeness (QED) is 0.873. The molecular formula is C17H25NO3. The Morgan fingerprint density at radius 3 is 2.33 bits per heavy atom. The lowest BCUT2D eigenvalue weighted by atomic mass is 9.98. The van der Waals surface area contributed by atoms with Gasteiger partial charge in [0, 0.05) is 12.8 Å². The number of aryl methyl sites for hydroxylation is 2. The molecule has 0 spiro atoms. The highest BCUT2D eigenvalue weighted by molar-refractivity contribution is 5.97. The summed E-state index contributed by atoms with van der Waals surface area (Å²) in [5.74, 6) is 1.15. The summed E-state index contributed by atoms with van der Waals surface area (Å²) in [5.41, 5.74) is 2.11. The van der Waals surface area contributed by atoms with E-state index in [4.69, 9.17) is 9.47 Å². The Bertz CT molecular complexity index is 514. The van der Waals surface area contributed by atoms with Crippen LogP contribution in [-0.4, -0.2) is 25.2 Å². The minimum Gasteiger partial charge on any atom is -0.493 e. The Morgan fingerprint density at radius 1 is 1.33 bits per heavy atom. The summed E-state index contributed by atoms with van der Waals surface area (Å²) >= 11 is 0. The molecule has 0 aromatic heterocycles. The first-order chi connectivity index (χ1) is 9.92. The van der Waals surface area contributed by atoms with Gasteiger partial charge >= 0.3 is 0 Å². The van der Waals surface area contributed by atoms with Crippen LogP contribution in [0.1, 0.15) is 37.8 Å². The van der Waals surface area contributed by atoms with Gasteiger partial charge in [0.15, 0.2) is 0 Å². The van der Waals surface area contributed by atoms with Gasteiger partial charge in [0.2, 0.25) is 0 Å². The fourth-order valence-electron chi connectivity index (χ4n) is 2.73. The van der Waals surface area contributed by atoms with Gasteiger partial charge in [-0.05, 0) is 69.7 Å². The van der Waals surface area contributed by atoms with Crippen molar-refractivity contribution in [3.8, 4) is 5.75 Å². The molecule has 1 aromatic rings. The molecule has 0 aliphatic heterocycles. The number of amides is 1. The van der Waals surface area contributed by atoms with Crippen molar-refractivity contribution < 1.29 is 14.3 Å². The molecule has 0 bridgehead atoms. The highest BCUT2D eigenvalue weighted by Crippen LogP contribution is 2.42. The molecule has 21 heavy (non-hydrogen) atoms. The van der Waals surface area contributed by atoms with E-state index < -0.39 is 5.60 Å². The third-order valence-corrected chi connectivity index (χ3v) is 4.24. The molecule has 2 rings (SSSR count). The maximum atomic E-state index is 12.5. The molecule has 0 unspecified atom stereocenters. The number of hydrogen-bond acceptors (Lipinski definition) is 3. The average Bonchev–Trinajstić information content (AvgIpc) is 3.26. The molecular weight excluding hydrogens is 266 g/mol. The van der Waals surface area contributed by atoms with Crippen molar-refractivity contribution in [1.29, 1.82) is 0 Å². The SMILES string of the molecule is CCOc1c(C)cc(NC(=O)[C@@](C)(OC)C2CC2)cc1C. The van der Waals surface area contributed by atoms with E-state index in [0.29, 0.717) is 12.5 Å². The van der Waals surface area contributed by atoms with Crippen molar-refractivity contribution in [3.05, 3.63) is 23.3 Å². The van der Waals surface area contributed by atoms with Crippen LogP contribution >= 0.6 is 0 Å². The van der Waals surface area contributed by atoms with Crippen LogP contribution in [0.5, 0.6) is 5.75 Å². The second-order valence-corrected chi connectivity index (χ2v) is 5.91. The van der Waals surface area contributed by atoms with E-state index in [1.165, 1.54) is 0 Å². The number of benzene rings is 1. The van der Waals surface area contributed by atoms with Gasteiger partial charge in [-0.15, -0.1) is 0 Å². The standard InChI is InChI=1S/C17H25NO3/c1-6-21-15-11(2)9-14(10-12(15)3)18-16(19)17(4,20-5)13-7-8-13/h9-10,13H,6-8H2,1-5H3,(H,18,19)/t17-/m0/s1. The molecule has 1 N–H and O–H groups in total. The second kappa shape index (κ2) is 6.06. The van der Waals surface area contributed by atoms with Gasteiger partial charge in [0.25, 0.3) is 5.91 Å². The summed E-state index contributed by atoms with van der Waals surface area (Å²) in [6, 6.07) is 3.89. The summed E-state index contributed by atoms with van der Waals surface area (Å²) in [4.78, 5) is 12.5. The molecule has 1 aromatic carbocycles. The highest BCUT2D eigenvalue weighted by atomic mass is 16.5. The smallest absolute Gasteiger partial charge is 0.256 e. The van der Waals surface area contributed by atoms with Crippen LogP contribution in [-0.2, 0) is 9.53 Å². The molecule has 1 aliphatic carbocycles. The largest absolute Gasteiger partial charge is 0.493 e. The fraction of sp³-hybridized carbons (Fsp3) is 0.588. The molecule has 116 valence electrons. The van der Waals surface area contributed by atoms with Crippen LogP contribution in [0.25, 0.3) is 0 Å². The van der Waals surface area contributed by atoms with Gasteiger partial charge in [-0.2, -0.15) is 0 Å². The number of carbonyl (C=O) groups is 1. The van der Waals surface area contributed by atoms with Gasteiger partial charge in [0.05, 0.1) is 6.61 Å². The number of nitrogens with one attached hydrogen (secondary N) is 1. The Kier molecular flexibility index (Phi) is 4.57. The summed E-state index contributed by atoms with van der Waals surface area (Å²) < 4.78 is 11.1. The topological polar surface area (TPSA) is 47.6 Å². The first kappa shape index (κ1) is 15.8. The molecule has 1 amide bonds. The second-order valence-electron chi connectivity index (χ2n) is 5.91. The first-order valence-corrected chi connectivity index (χ1v) is 7.53. The van der Waals surface area contributed by atoms with E-state index in [0.717, 1.165) is 35.4 Å². The van der Waals surface area contributed by atoms with Crippen molar-refractivity contribution in [1.82, 2.24) is 0 Å². The van der Waals surface area contributed by atoms with E-state index in [1.807, 2.05) is 39.8 Å². The summed E-state index contributed by atoms with van der Waals surface area (Å²) in [5, 5.41) is 2.99. The van der Waals surface area contributed by atoms with Gasteiger partial charge in [-0.1, -0.05) is 0 Å². The zero-order valence-electron chi connectivity index (χ0n) is 13.6. The Balaban J connectivity index is 2.18. The van der Waals surface area contributed by atoms with Gasteiger partial charge < -0.3 is 14.8 Å². The predicted molar refractivity (Wildman–Crippen MR) is 83.9 cm³/mol. The van der Waals surface area contributed by atoms with Crippen molar-refractivity contribution in [2.45, 2.75) is 46.1 Å². The van der Waals surface area contributed by atoms with E-state index >= 15 is 0 Å². The van der Waals surface area contributed by atoms with Crippen molar-refractivity contribution in [2.24, 2.45) is 5.92 Å². The van der Waals surface area contributed by atoms with E-state index in [9.17, 15) is 4.79 Å². The first-order valence-electron chi connectivity index (χ1n) is 7.53. The lowest BCUT2D eigenvalue weighted by Crippen LogP contribution is -2.44. The summed E-state index contributed by atoms with van der Waals surface area (Å²) in [6.45, 7) is 8.45. The lowest BCUT2D eigenvalue weighted by molar-refractivity contribution is -0.138. The van der Waals surface area contributed by atoms with Gasteiger partial charge in [-0.25, -0.2) is 0 Å². The molecule has 1 atom stereocenters. The van der Waals surface area contributed by atoms with Gasteiger partial charge in [-0.3, -0.25) is 4.79 Å². The molecule has 1 saturated carbocycles. The minimum atomic E-state index is -0.736. The highest BCUT2D eigenvalue weighted by Gasteiger charge is 2.47. The van der Waals surface area contributed by atoms with Gasteiger partial charge in [0.1, 0.15) is 11.4 Å². The van der Waals surface area contributed by atoms with Crippen LogP contribution in [0, 0.1) is 19.8 Å². The Labute approximate surface area is 126 Å². The zero-order chi connectivity index (χ0) is 15.6. The fourth-order valence-corrected chi connectivity index (χ4v) is 2.73. The molecule has 0 heterocycles. The maximum Gasteiger partial charge on any atom is 0.256 e. The van der Waals surface area contributed by atoms with Crippen LogP contribution in [0.4, 0.5) is 5.69 Å². The molecule has 4 nitrogen and oxygen atoms in total. The number of ether oxygens (including phenoxy) is 2. The van der Waals surface area contributed by atoms with Crippen molar-refractivity contribution >= 4 is 11.6 Å². The monoisotopic (exact) mass is 291 g/mol. The summed E-state index contributed by atoms with van der Waals surface area (Å²) in [7, 11) is 1.60. The normalized spacial score (nSPS) is 17.2. The molecule has 1 fully saturated rings. The van der Waals surface area contributed by atoms with E-state index in [-0.39, 0.29) is 5.91 Å². The number of methoxy groups -OCH3 is 1. The predicted octanol–water partition coefficient (Wildman–Crippen LogP) is 3.46. The van der Waals surface area contributed by atoms with E-state index in [2.05, 4.69) is 5.32 Å². The zero-order valence-corrected chi connectivity index (χ0v) is 13.6. The van der Waals surface area contributed by atoms with Crippen LogP contribution < -0.4 is 10.1 Å². The number of hydrogen-bond donors (Lipinski definition) is 1. The maximum absolute atomic E-state index is 12.5. The van der Waals surface area contributed by atoms with Crippen molar-refractivity contribution in [3.63, 3.8) is 0 Å². The number of anilines is 1. The molecule has 1 aliphatic rings. The van der Waals surface area contributed by atoms with Crippen molar-refractivity contribution in [2.75, 3.05) is 19.0 Å². The third-order valence-electron chi connectivity index (χ3n) is 4.24. The third kappa shape index (κ3) is 3.21. The van der Waals surface area contributed by atoms with E-state index in [1.54, 1.807) is 7.11 Å². The Hall–Kier alpha value is -1.55. The lowest BCUT2D eigenvalue weighted by Gasteiger charge is -2.27. The number of rotatable bonds is 6. The molecule has 0 saturated heterocycles. The van der Waals surface area contributed by atoms with Crippen LogP contribution in [0.3, 0.4) is 0 Å².